The van der Waals surface area contributed by atoms with Crippen molar-refractivity contribution >= 4 is 39.4 Å². The number of pyridine rings is 1. The lowest BCUT2D eigenvalue weighted by Gasteiger charge is -2.11. The fourth-order valence-electron chi connectivity index (χ4n) is 2.58. The molecular weight excluding hydrogens is 310 g/mol. The second-order valence-electron chi connectivity index (χ2n) is 5.29. The summed E-state index contributed by atoms with van der Waals surface area (Å²) in [4.78, 5) is 24.1. The second kappa shape index (κ2) is 7.43. The molecule has 0 aliphatic carbocycles. The van der Waals surface area contributed by atoms with Crippen molar-refractivity contribution in [2.45, 2.75) is 18.9 Å². The Hall–Kier alpha value is -2.12. The lowest BCUT2D eigenvalue weighted by Crippen LogP contribution is -2.36. The Labute approximate surface area is 138 Å². The first-order valence-electron chi connectivity index (χ1n) is 7.53. The van der Waals surface area contributed by atoms with Crippen LogP contribution in [0.2, 0.25) is 0 Å². The number of H-pyrrole nitrogens is 1. The third kappa shape index (κ3) is 4.00. The van der Waals surface area contributed by atoms with E-state index in [1.54, 1.807) is 11.6 Å². The minimum absolute atomic E-state index is 0.00818. The summed E-state index contributed by atoms with van der Waals surface area (Å²) in [7, 11) is 0. The van der Waals surface area contributed by atoms with E-state index in [1.165, 1.54) is 11.8 Å². The number of aromatic nitrogens is 2. The summed E-state index contributed by atoms with van der Waals surface area (Å²) in [6.45, 7) is 5.52. The standard InChI is InChI=1S/C16H19N5OS/c1-2-23-15(9-14(22)20-11-3-6-17-10-11)21-13-5-8-19-16-12(13)4-7-18-16/h2,4-5,7-8,11,17H,1,3,6,9-10H2,(H,18,19)(H,20,22). The Bertz CT molecular complexity index is 733. The molecule has 23 heavy (non-hydrogen) atoms. The van der Waals surface area contributed by atoms with Crippen LogP contribution in [0.5, 0.6) is 0 Å². The van der Waals surface area contributed by atoms with E-state index in [0.29, 0.717) is 0 Å². The summed E-state index contributed by atoms with van der Waals surface area (Å²) in [5.74, 6) is -0.00818. The number of thioether (sulfide) groups is 1. The van der Waals surface area contributed by atoms with Crippen molar-refractivity contribution in [3.05, 3.63) is 36.5 Å². The number of amides is 1. The van der Waals surface area contributed by atoms with Crippen LogP contribution in [0.1, 0.15) is 12.8 Å². The van der Waals surface area contributed by atoms with Crippen LogP contribution in [0.3, 0.4) is 0 Å². The van der Waals surface area contributed by atoms with Crippen molar-refractivity contribution in [3.63, 3.8) is 0 Å². The maximum absolute atomic E-state index is 12.2. The molecule has 1 fully saturated rings. The number of nitrogens with zero attached hydrogens (tertiary/aromatic N) is 2. The van der Waals surface area contributed by atoms with Crippen molar-refractivity contribution in [2.75, 3.05) is 13.1 Å². The summed E-state index contributed by atoms with van der Waals surface area (Å²) >= 11 is 1.38. The molecule has 6 nitrogen and oxygen atoms in total. The molecule has 0 aromatic carbocycles. The van der Waals surface area contributed by atoms with E-state index in [-0.39, 0.29) is 18.4 Å². The van der Waals surface area contributed by atoms with E-state index in [4.69, 9.17) is 0 Å². The van der Waals surface area contributed by atoms with Gasteiger partial charge in [-0.2, -0.15) is 0 Å². The fraction of sp³-hybridized carbons (Fsp3) is 0.312. The van der Waals surface area contributed by atoms with Gasteiger partial charge in [-0.15, -0.1) is 0 Å². The molecular formula is C16H19N5OS. The fourth-order valence-corrected chi connectivity index (χ4v) is 3.13. The molecule has 0 saturated carbocycles. The van der Waals surface area contributed by atoms with E-state index in [0.717, 1.165) is 41.3 Å². The molecule has 1 saturated heterocycles. The third-order valence-corrected chi connectivity index (χ3v) is 4.31. The number of aliphatic imine (C=N–C) groups is 1. The molecule has 3 rings (SSSR count). The van der Waals surface area contributed by atoms with E-state index < -0.39 is 0 Å². The molecule has 7 heteroatoms. The Balaban J connectivity index is 1.76. The first-order chi connectivity index (χ1) is 11.3. The molecule has 1 atom stereocenters. The van der Waals surface area contributed by atoms with E-state index in [1.807, 2.05) is 18.3 Å². The summed E-state index contributed by atoms with van der Waals surface area (Å²) in [6, 6.07) is 4.00. The van der Waals surface area contributed by atoms with Gasteiger partial charge in [0.2, 0.25) is 5.91 Å². The lowest BCUT2D eigenvalue weighted by molar-refractivity contribution is -0.120. The number of hydrogen-bond donors (Lipinski definition) is 3. The summed E-state index contributed by atoms with van der Waals surface area (Å²) in [5.41, 5.74) is 1.59. The molecule has 1 aliphatic rings. The summed E-state index contributed by atoms with van der Waals surface area (Å²) in [5, 5.41) is 9.63. The van der Waals surface area contributed by atoms with Gasteiger partial charge in [0.15, 0.2) is 0 Å². The van der Waals surface area contributed by atoms with E-state index in [9.17, 15) is 4.79 Å². The van der Waals surface area contributed by atoms with Crippen molar-refractivity contribution in [2.24, 2.45) is 4.99 Å². The van der Waals surface area contributed by atoms with Crippen LogP contribution >= 0.6 is 11.8 Å². The highest BCUT2D eigenvalue weighted by Gasteiger charge is 2.17. The highest BCUT2D eigenvalue weighted by molar-refractivity contribution is 8.16. The predicted octanol–water partition coefficient (Wildman–Crippen LogP) is 2.34. The highest BCUT2D eigenvalue weighted by atomic mass is 32.2. The van der Waals surface area contributed by atoms with Crippen molar-refractivity contribution in [1.82, 2.24) is 20.6 Å². The van der Waals surface area contributed by atoms with E-state index in [2.05, 4.69) is 32.2 Å². The highest BCUT2D eigenvalue weighted by Crippen LogP contribution is 2.25. The zero-order valence-corrected chi connectivity index (χ0v) is 13.5. The van der Waals surface area contributed by atoms with Crippen LogP contribution in [0.15, 0.2) is 41.5 Å². The molecule has 0 bridgehead atoms. The Morgan fingerprint density at radius 2 is 2.48 bits per heavy atom. The molecule has 2 aromatic heterocycles. The topological polar surface area (TPSA) is 82.2 Å². The number of carbonyl (C=O) groups is 1. The zero-order valence-electron chi connectivity index (χ0n) is 12.7. The second-order valence-corrected chi connectivity index (χ2v) is 6.33. The average molecular weight is 329 g/mol. The van der Waals surface area contributed by atoms with Crippen LogP contribution in [0.4, 0.5) is 5.69 Å². The van der Waals surface area contributed by atoms with Crippen molar-refractivity contribution < 1.29 is 4.79 Å². The average Bonchev–Trinajstić information content (AvgIpc) is 3.18. The maximum atomic E-state index is 12.2. The molecule has 0 spiro atoms. The minimum atomic E-state index is -0.00818. The number of hydrogen-bond acceptors (Lipinski definition) is 5. The monoisotopic (exact) mass is 329 g/mol. The normalized spacial score (nSPS) is 18.3. The molecule has 1 unspecified atom stereocenters. The van der Waals surface area contributed by atoms with Gasteiger partial charge in [-0.05, 0) is 30.5 Å². The van der Waals surface area contributed by atoms with Gasteiger partial charge in [-0.1, -0.05) is 18.3 Å². The van der Waals surface area contributed by atoms with Crippen LogP contribution in [0.25, 0.3) is 11.0 Å². The minimum Gasteiger partial charge on any atom is -0.352 e. The van der Waals surface area contributed by atoms with Gasteiger partial charge in [0.1, 0.15) is 5.65 Å². The molecule has 120 valence electrons. The van der Waals surface area contributed by atoms with Gasteiger partial charge < -0.3 is 15.6 Å². The summed E-state index contributed by atoms with van der Waals surface area (Å²) < 4.78 is 0. The van der Waals surface area contributed by atoms with Gasteiger partial charge in [-0.25, -0.2) is 9.98 Å². The predicted molar refractivity (Wildman–Crippen MR) is 95.0 cm³/mol. The van der Waals surface area contributed by atoms with Crippen LogP contribution in [-0.2, 0) is 4.79 Å². The van der Waals surface area contributed by atoms with Crippen LogP contribution < -0.4 is 10.6 Å². The quantitative estimate of drug-likeness (QED) is 0.581. The number of fused-ring (bicyclic) bond motifs is 1. The van der Waals surface area contributed by atoms with Gasteiger partial charge in [0.25, 0.3) is 0 Å². The molecule has 1 aliphatic heterocycles. The van der Waals surface area contributed by atoms with Crippen molar-refractivity contribution in [3.8, 4) is 0 Å². The lowest BCUT2D eigenvalue weighted by atomic mass is 10.2. The zero-order chi connectivity index (χ0) is 16.1. The first kappa shape index (κ1) is 15.8. The number of aromatic amines is 1. The largest absolute Gasteiger partial charge is 0.352 e. The third-order valence-electron chi connectivity index (χ3n) is 3.64. The number of carbonyl (C=O) groups excluding carboxylic acids is 1. The van der Waals surface area contributed by atoms with Gasteiger partial charge >= 0.3 is 0 Å². The Kier molecular flexibility index (Phi) is 5.09. The van der Waals surface area contributed by atoms with Crippen molar-refractivity contribution in [1.29, 1.82) is 0 Å². The molecule has 0 radical (unpaired) electrons. The molecule has 2 aromatic rings. The van der Waals surface area contributed by atoms with Crippen LogP contribution in [-0.4, -0.2) is 40.1 Å². The Morgan fingerprint density at radius 3 is 3.26 bits per heavy atom. The smallest absolute Gasteiger partial charge is 0.226 e. The SMILES string of the molecule is C=CSC(CC(=O)NC1CCNC1)=Nc1ccnc2[nH]ccc12. The van der Waals surface area contributed by atoms with Gasteiger partial charge in [0.05, 0.1) is 17.2 Å². The molecule has 3 heterocycles. The maximum Gasteiger partial charge on any atom is 0.226 e. The first-order valence-corrected chi connectivity index (χ1v) is 8.41. The van der Waals surface area contributed by atoms with Crippen LogP contribution in [0, 0.1) is 0 Å². The molecule has 1 amide bonds. The van der Waals surface area contributed by atoms with Gasteiger partial charge in [0, 0.05) is 30.4 Å². The van der Waals surface area contributed by atoms with Gasteiger partial charge in [-0.3, -0.25) is 4.79 Å². The Morgan fingerprint density at radius 1 is 1.57 bits per heavy atom. The molecule has 3 N–H and O–H groups in total. The van der Waals surface area contributed by atoms with E-state index >= 15 is 0 Å². The number of rotatable bonds is 5. The number of nitrogens with one attached hydrogen (secondary N) is 3. The summed E-state index contributed by atoms with van der Waals surface area (Å²) in [6.07, 6.45) is 4.76.